The molecule has 0 amide bonds. The van der Waals surface area contributed by atoms with Gasteiger partial charge in [-0.3, -0.25) is 4.79 Å². The number of nitrogens with zero attached hydrogens (tertiary/aromatic N) is 1. The van der Waals surface area contributed by atoms with Crippen molar-refractivity contribution in [2.24, 2.45) is 0 Å². The van der Waals surface area contributed by atoms with E-state index in [1.165, 1.54) is 11.3 Å². The standard InChI is InChI=1S/C14H25N3O2S/c1-7-9(18)12-10(15)11(19-6)13(20-12)16-8-14(2,3)17(4)5/h16H,7-8,15H2,1-6H3. The number of anilines is 2. The van der Waals surface area contributed by atoms with Crippen molar-refractivity contribution in [2.75, 3.05) is 38.8 Å². The van der Waals surface area contributed by atoms with Gasteiger partial charge in [-0.25, -0.2) is 0 Å². The fraction of sp³-hybridized carbons (Fsp3) is 0.643. The Hall–Kier alpha value is -1.27. The van der Waals surface area contributed by atoms with E-state index in [1.54, 1.807) is 7.11 Å². The number of thiophene rings is 1. The highest BCUT2D eigenvalue weighted by molar-refractivity contribution is 7.19. The Morgan fingerprint density at radius 3 is 2.50 bits per heavy atom. The fourth-order valence-electron chi connectivity index (χ4n) is 1.57. The molecule has 0 aliphatic heterocycles. The maximum Gasteiger partial charge on any atom is 0.176 e. The summed E-state index contributed by atoms with van der Waals surface area (Å²) in [6.45, 7) is 6.84. The number of hydrogen-bond donors (Lipinski definition) is 2. The molecule has 1 aromatic rings. The first-order valence-corrected chi connectivity index (χ1v) is 7.47. The molecule has 0 saturated carbocycles. The van der Waals surface area contributed by atoms with Gasteiger partial charge in [0.25, 0.3) is 0 Å². The molecule has 0 aliphatic rings. The first-order chi connectivity index (χ1) is 9.24. The molecular weight excluding hydrogens is 274 g/mol. The summed E-state index contributed by atoms with van der Waals surface area (Å²) in [4.78, 5) is 14.6. The molecule has 0 radical (unpaired) electrons. The molecule has 0 unspecified atom stereocenters. The van der Waals surface area contributed by atoms with Gasteiger partial charge in [0.05, 0.1) is 17.7 Å². The minimum Gasteiger partial charge on any atom is -0.492 e. The van der Waals surface area contributed by atoms with Crippen LogP contribution in [0.25, 0.3) is 0 Å². The number of nitrogen functional groups attached to an aromatic ring is 1. The summed E-state index contributed by atoms with van der Waals surface area (Å²) in [5.41, 5.74) is 6.43. The van der Waals surface area contributed by atoms with Crippen molar-refractivity contribution in [2.45, 2.75) is 32.7 Å². The van der Waals surface area contributed by atoms with Gasteiger partial charge < -0.3 is 20.7 Å². The topological polar surface area (TPSA) is 67.6 Å². The lowest BCUT2D eigenvalue weighted by Gasteiger charge is -2.32. The lowest BCUT2D eigenvalue weighted by molar-refractivity contribution is 0.0992. The van der Waals surface area contributed by atoms with Crippen molar-refractivity contribution in [3.63, 3.8) is 0 Å². The molecule has 0 aliphatic carbocycles. The van der Waals surface area contributed by atoms with E-state index in [9.17, 15) is 4.79 Å². The maximum absolute atomic E-state index is 11.9. The van der Waals surface area contributed by atoms with Crippen molar-refractivity contribution >= 4 is 27.8 Å². The Morgan fingerprint density at radius 1 is 1.45 bits per heavy atom. The molecule has 0 atom stereocenters. The van der Waals surface area contributed by atoms with Crippen molar-refractivity contribution < 1.29 is 9.53 Å². The van der Waals surface area contributed by atoms with Gasteiger partial charge in [-0.2, -0.15) is 0 Å². The predicted octanol–water partition coefficient (Wildman–Crippen LogP) is 2.68. The largest absolute Gasteiger partial charge is 0.492 e. The van der Waals surface area contributed by atoms with E-state index < -0.39 is 0 Å². The van der Waals surface area contributed by atoms with Crippen LogP contribution >= 0.6 is 11.3 Å². The highest BCUT2D eigenvalue weighted by Crippen LogP contribution is 2.43. The summed E-state index contributed by atoms with van der Waals surface area (Å²) in [6, 6.07) is 0. The van der Waals surface area contributed by atoms with E-state index in [0.29, 0.717) is 22.7 Å². The van der Waals surface area contributed by atoms with Gasteiger partial charge in [-0.05, 0) is 27.9 Å². The molecular formula is C14H25N3O2S. The zero-order chi connectivity index (χ0) is 15.5. The lowest BCUT2D eigenvalue weighted by Crippen LogP contribution is -2.44. The third-order valence-electron chi connectivity index (χ3n) is 3.57. The molecule has 0 saturated heterocycles. The molecule has 0 spiro atoms. The number of nitrogens with two attached hydrogens (primary N) is 1. The number of carbonyl (C=O) groups excluding carboxylic acids is 1. The third kappa shape index (κ3) is 3.43. The van der Waals surface area contributed by atoms with Gasteiger partial charge in [0.1, 0.15) is 5.00 Å². The SMILES string of the molecule is CCC(=O)c1sc(NCC(C)(C)N(C)C)c(OC)c1N. The number of rotatable bonds is 7. The Bertz CT molecular complexity index is 481. The van der Waals surface area contributed by atoms with E-state index in [0.717, 1.165) is 11.5 Å². The summed E-state index contributed by atoms with van der Waals surface area (Å²) in [7, 11) is 5.64. The smallest absolute Gasteiger partial charge is 0.176 e. The quantitative estimate of drug-likeness (QED) is 0.758. The highest BCUT2D eigenvalue weighted by atomic mass is 32.1. The number of hydrogen-bond acceptors (Lipinski definition) is 6. The minimum absolute atomic E-state index is 0.0152. The van der Waals surface area contributed by atoms with Crippen molar-refractivity contribution in [3.8, 4) is 5.75 Å². The maximum atomic E-state index is 11.9. The normalized spacial score (nSPS) is 11.8. The fourth-order valence-corrected chi connectivity index (χ4v) is 2.67. The summed E-state index contributed by atoms with van der Waals surface area (Å²) < 4.78 is 5.33. The van der Waals surface area contributed by atoms with Crippen LogP contribution in [0.3, 0.4) is 0 Å². The number of nitrogens with one attached hydrogen (secondary N) is 1. The highest BCUT2D eigenvalue weighted by Gasteiger charge is 2.24. The third-order valence-corrected chi connectivity index (χ3v) is 4.76. The monoisotopic (exact) mass is 299 g/mol. The van der Waals surface area contributed by atoms with Gasteiger partial charge in [0, 0.05) is 18.5 Å². The molecule has 0 aromatic carbocycles. The van der Waals surface area contributed by atoms with Crippen LogP contribution in [0.4, 0.5) is 10.7 Å². The summed E-state index contributed by atoms with van der Waals surface area (Å²) in [5.74, 6) is 0.618. The van der Waals surface area contributed by atoms with Crippen molar-refractivity contribution in [1.29, 1.82) is 0 Å². The van der Waals surface area contributed by atoms with Gasteiger partial charge in [0.15, 0.2) is 11.5 Å². The van der Waals surface area contributed by atoms with Crippen LogP contribution in [-0.4, -0.2) is 44.0 Å². The second kappa shape index (κ2) is 6.45. The Morgan fingerprint density at radius 2 is 2.05 bits per heavy atom. The number of methoxy groups -OCH3 is 1. The first kappa shape index (κ1) is 16.8. The van der Waals surface area contributed by atoms with Crippen LogP contribution in [-0.2, 0) is 0 Å². The number of carbonyl (C=O) groups is 1. The number of Topliss-reactive ketones (excluding diaryl/α,β-unsaturated/α-hetero) is 1. The summed E-state index contributed by atoms with van der Waals surface area (Å²) >= 11 is 1.37. The van der Waals surface area contributed by atoms with E-state index in [2.05, 4.69) is 24.1 Å². The van der Waals surface area contributed by atoms with Gasteiger partial charge in [0.2, 0.25) is 0 Å². The van der Waals surface area contributed by atoms with Crippen LogP contribution < -0.4 is 15.8 Å². The molecule has 5 nitrogen and oxygen atoms in total. The van der Waals surface area contributed by atoms with E-state index in [-0.39, 0.29) is 11.3 Å². The Labute approximate surface area is 125 Å². The molecule has 114 valence electrons. The number of ketones is 1. The Balaban J connectivity index is 2.98. The first-order valence-electron chi connectivity index (χ1n) is 6.65. The van der Waals surface area contributed by atoms with Gasteiger partial charge in [-0.1, -0.05) is 6.92 Å². The second-order valence-corrected chi connectivity index (χ2v) is 6.56. The molecule has 1 aromatic heterocycles. The van der Waals surface area contributed by atoms with Crippen molar-refractivity contribution in [1.82, 2.24) is 4.90 Å². The minimum atomic E-state index is -0.0152. The number of ether oxygens (including phenoxy) is 1. The van der Waals surface area contributed by atoms with Crippen LogP contribution in [0.1, 0.15) is 36.9 Å². The van der Waals surface area contributed by atoms with E-state index in [1.807, 2.05) is 21.0 Å². The summed E-state index contributed by atoms with van der Waals surface area (Å²) in [5, 5.41) is 4.16. The second-order valence-electron chi connectivity index (χ2n) is 5.54. The van der Waals surface area contributed by atoms with Gasteiger partial charge >= 0.3 is 0 Å². The van der Waals surface area contributed by atoms with Crippen LogP contribution in [0.5, 0.6) is 5.75 Å². The van der Waals surface area contributed by atoms with E-state index >= 15 is 0 Å². The molecule has 0 bridgehead atoms. The molecule has 1 heterocycles. The van der Waals surface area contributed by atoms with Crippen molar-refractivity contribution in [3.05, 3.63) is 4.88 Å². The zero-order valence-electron chi connectivity index (χ0n) is 13.2. The predicted molar refractivity (Wildman–Crippen MR) is 86.2 cm³/mol. The molecule has 0 fully saturated rings. The molecule has 6 heteroatoms. The average molecular weight is 299 g/mol. The summed E-state index contributed by atoms with van der Waals surface area (Å²) in [6.07, 6.45) is 0.441. The van der Waals surface area contributed by atoms with Crippen LogP contribution in [0.15, 0.2) is 0 Å². The Kier molecular flexibility index (Phi) is 5.42. The lowest BCUT2D eigenvalue weighted by atomic mass is 10.0. The average Bonchev–Trinajstić information content (AvgIpc) is 2.71. The van der Waals surface area contributed by atoms with E-state index in [4.69, 9.17) is 10.5 Å². The zero-order valence-corrected chi connectivity index (χ0v) is 14.0. The molecule has 3 N–H and O–H groups in total. The molecule has 20 heavy (non-hydrogen) atoms. The van der Waals surface area contributed by atoms with Crippen LogP contribution in [0.2, 0.25) is 0 Å². The van der Waals surface area contributed by atoms with Crippen LogP contribution in [0, 0.1) is 0 Å². The van der Waals surface area contributed by atoms with Gasteiger partial charge in [-0.15, -0.1) is 11.3 Å². The number of likely N-dealkylation sites (N-methyl/N-ethyl adjacent to an activating group) is 1. The molecule has 1 rings (SSSR count).